The van der Waals surface area contributed by atoms with Gasteiger partial charge in [0, 0.05) is 11.1 Å². The minimum Gasteiger partial charge on any atom is -0.479 e. The van der Waals surface area contributed by atoms with E-state index in [0.717, 1.165) is 18.2 Å². The SMILES string of the molecule is O=C(O)C(N[PH](=O)O)(c1ccccc1)c1c(F)cccc1C(F)F. The monoisotopic (exact) mass is 359 g/mol. The van der Waals surface area contributed by atoms with Crippen LogP contribution in [-0.4, -0.2) is 16.0 Å². The zero-order valence-corrected chi connectivity index (χ0v) is 13.0. The molecule has 2 atom stereocenters. The summed E-state index contributed by atoms with van der Waals surface area (Å²) in [6, 6.07) is 9.55. The van der Waals surface area contributed by atoms with Gasteiger partial charge in [0.2, 0.25) is 0 Å². The van der Waals surface area contributed by atoms with Gasteiger partial charge in [0.15, 0.2) is 5.54 Å². The van der Waals surface area contributed by atoms with Crippen molar-refractivity contribution in [2.24, 2.45) is 0 Å². The Balaban J connectivity index is 2.91. The first-order valence-corrected chi connectivity index (χ1v) is 8.03. The van der Waals surface area contributed by atoms with Crippen molar-refractivity contribution in [3.8, 4) is 0 Å². The molecule has 24 heavy (non-hydrogen) atoms. The third-order valence-electron chi connectivity index (χ3n) is 3.48. The molecule has 0 amide bonds. The number of halogens is 3. The summed E-state index contributed by atoms with van der Waals surface area (Å²) in [5.41, 5.74) is -4.57. The highest BCUT2D eigenvalue weighted by molar-refractivity contribution is 7.35. The van der Waals surface area contributed by atoms with Gasteiger partial charge in [-0.3, -0.25) is 4.57 Å². The van der Waals surface area contributed by atoms with Crippen molar-refractivity contribution in [1.29, 1.82) is 0 Å². The largest absolute Gasteiger partial charge is 0.479 e. The van der Waals surface area contributed by atoms with Crippen molar-refractivity contribution in [3.63, 3.8) is 0 Å². The van der Waals surface area contributed by atoms with Gasteiger partial charge >= 0.3 is 5.97 Å². The number of carbonyl (C=O) groups is 1. The van der Waals surface area contributed by atoms with E-state index < -0.39 is 43.1 Å². The van der Waals surface area contributed by atoms with Gasteiger partial charge in [-0.15, -0.1) is 0 Å². The van der Waals surface area contributed by atoms with Crippen LogP contribution in [0.5, 0.6) is 0 Å². The van der Waals surface area contributed by atoms with Crippen LogP contribution in [-0.2, 0) is 14.9 Å². The highest BCUT2D eigenvalue weighted by Gasteiger charge is 2.47. The summed E-state index contributed by atoms with van der Waals surface area (Å²) in [6.07, 6.45) is -3.18. The lowest BCUT2D eigenvalue weighted by Crippen LogP contribution is -2.48. The minimum absolute atomic E-state index is 0.156. The molecule has 0 saturated heterocycles. The number of aliphatic carboxylic acids is 1. The van der Waals surface area contributed by atoms with Crippen molar-refractivity contribution in [3.05, 3.63) is 71.0 Å². The minimum atomic E-state index is -3.68. The first-order valence-electron chi connectivity index (χ1n) is 6.67. The fourth-order valence-electron chi connectivity index (χ4n) is 2.53. The maximum atomic E-state index is 14.4. The van der Waals surface area contributed by atoms with Crippen LogP contribution in [0.3, 0.4) is 0 Å². The molecule has 0 aliphatic rings. The quantitative estimate of drug-likeness (QED) is 0.690. The molecule has 0 bridgehead atoms. The number of rotatable bonds is 6. The first kappa shape index (κ1) is 18.2. The second-order valence-corrected chi connectivity index (χ2v) is 5.72. The summed E-state index contributed by atoms with van der Waals surface area (Å²) >= 11 is 0. The maximum absolute atomic E-state index is 14.4. The number of hydrogen-bond donors (Lipinski definition) is 3. The molecule has 2 aromatic rings. The van der Waals surface area contributed by atoms with Gasteiger partial charge in [-0.1, -0.05) is 42.5 Å². The summed E-state index contributed by atoms with van der Waals surface area (Å²) in [7, 11) is -3.68. The third-order valence-corrected chi connectivity index (χ3v) is 4.07. The Morgan fingerprint density at radius 2 is 1.75 bits per heavy atom. The lowest BCUT2D eigenvalue weighted by Gasteiger charge is -2.32. The Labute approximate surface area is 135 Å². The molecule has 0 heterocycles. The van der Waals surface area contributed by atoms with Crippen LogP contribution in [0.1, 0.15) is 23.1 Å². The number of alkyl halides is 2. The third kappa shape index (κ3) is 3.21. The van der Waals surface area contributed by atoms with Gasteiger partial charge in [0.05, 0.1) is 0 Å². The van der Waals surface area contributed by atoms with E-state index in [2.05, 4.69) is 0 Å². The standard InChI is InChI=1S/C15H13F3NO4P/c16-11-8-4-7-10(13(17)18)12(11)15(14(20)21,19-24(22)23)9-5-2-1-3-6-9/h1-8,13,24H,(H,20,21)(H2,19,22,23). The molecule has 0 aromatic heterocycles. The summed E-state index contributed by atoms with van der Waals surface area (Å²) in [5.74, 6) is -3.01. The molecule has 128 valence electrons. The van der Waals surface area contributed by atoms with E-state index in [1.807, 2.05) is 5.09 Å². The molecule has 0 saturated carbocycles. The van der Waals surface area contributed by atoms with Crippen molar-refractivity contribution in [2.75, 3.05) is 0 Å². The zero-order valence-electron chi connectivity index (χ0n) is 12.0. The van der Waals surface area contributed by atoms with Crippen LogP contribution in [0.4, 0.5) is 13.2 Å². The number of carboxylic acids is 1. The van der Waals surface area contributed by atoms with Gasteiger partial charge in [-0.25, -0.2) is 23.1 Å². The van der Waals surface area contributed by atoms with Crippen LogP contribution in [0.2, 0.25) is 0 Å². The molecular formula is C15H13F3NO4P. The first-order chi connectivity index (χ1) is 11.3. The molecule has 0 aliphatic carbocycles. The number of hydrogen-bond acceptors (Lipinski definition) is 2. The normalized spacial score (nSPS) is 15.0. The number of benzene rings is 2. The van der Waals surface area contributed by atoms with Crippen LogP contribution < -0.4 is 5.09 Å². The Bertz CT molecular complexity index is 773. The van der Waals surface area contributed by atoms with Gasteiger partial charge in [0.25, 0.3) is 14.6 Å². The fourth-order valence-corrected chi connectivity index (χ4v) is 3.23. The Kier molecular flexibility index (Phi) is 5.43. The summed E-state index contributed by atoms with van der Waals surface area (Å²) < 4.78 is 52.4. The van der Waals surface area contributed by atoms with E-state index in [0.29, 0.717) is 0 Å². The predicted octanol–water partition coefficient (Wildman–Crippen LogP) is 3.06. The van der Waals surface area contributed by atoms with Gasteiger partial charge < -0.3 is 10.00 Å². The number of carboxylic acid groups (broad SMARTS) is 1. The van der Waals surface area contributed by atoms with Gasteiger partial charge in [0.1, 0.15) is 5.82 Å². The highest BCUT2D eigenvalue weighted by atomic mass is 31.1. The topological polar surface area (TPSA) is 86.6 Å². The lowest BCUT2D eigenvalue weighted by atomic mass is 9.81. The predicted molar refractivity (Wildman–Crippen MR) is 80.6 cm³/mol. The van der Waals surface area contributed by atoms with Crippen molar-refractivity contribution < 1.29 is 32.5 Å². The van der Waals surface area contributed by atoms with E-state index in [1.165, 1.54) is 30.3 Å². The highest BCUT2D eigenvalue weighted by Crippen LogP contribution is 2.40. The zero-order chi connectivity index (χ0) is 17.9. The van der Waals surface area contributed by atoms with Crippen LogP contribution >= 0.6 is 8.18 Å². The lowest BCUT2D eigenvalue weighted by molar-refractivity contribution is -0.142. The molecule has 9 heteroatoms. The molecular weight excluding hydrogens is 346 g/mol. The maximum Gasteiger partial charge on any atom is 0.333 e. The second kappa shape index (κ2) is 7.17. The fraction of sp³-hybridized carbons (Fsp3) is 0.133. The van der Waals surface area contributed by atoms with Crippen molar-refractivity contribution >= 4 is 14.1 Å². The molecule has 2 unspecified atom stereocenters. The Hall–Kier alpha value is -2.15. The molecule has 0 radical (unpaired) electrons. The van der Waals surface area contributed by atoms with Crippen LogP contribution in [0.15, 0.2) is 48.5 Å². The molecule has 2 aromatic carbocycles. The van der Waals surface area contributed by atoms with Crippen molar-refractivity contribution in [2.45, 2.75) is 12.0 Å². The van der Waals surface area contributed by atoms with E-state index >= 15 is 0 Å². The molecule has 3 N–H and O–H groups in total. The average molecular weight is 359 g/mol. The van der Waals surface area contributed by atoms with Crippen LogP contribution in [0, 0.1) is 5.82 Å². The van der Waals surface area contributed by atoms with Crippen molar-refractivity contribution in [1.82, 2.24) is 5.09 Å². The molecule has 0 spiro atoms. The number of nitrogens with one attached hydrogen (secondary N) is 1. The summed E-state index contributed by atoms with van der Waals surface area (Å²) in [4.78, 5) is 21.2. The molecule has 5 nitrogen and oxygen atoms in total. The van der Waals surface area contributed by atoms with Gasteiger partial charge in [-0.2, -0.15) is 0 Å². The molecule has 2 rings (SSSR count). The molecule has 0 fully saturated rings. The van der Waals surface area contributed by atoms with E-state index in [4.69, 9.17) is 0 Å². The summed E-state index contributed by atoms with van der Waals surface area (Å²) in [6.45, 7) is 0. The van der Waals surface area contributed by atoms with Gasteiger partial charge in [-0.05, 0) is 11.6 Å². The second-order valence-electron chi connectivity index (χ2n) is 4.86. The Morgan fingerprint density at radius 1 is 1.12 bits per heavy atom. The Morgan fingerprint density at radius 3 is 2.25 bits per heavy atom. The van der Waals surface area contributed by atoms with E-state index in [9.17, 15) is 32.5 Å². The summed E-state index contributed by atoms with van der Waals surface area (Å²) in [5, 5.41) is 11.6. The van der Waals surface area contributed by atoms with Crippen LogP contribution in [0.25, 0.3) is 0 Å². The average Bonchev–Trinajstić information content (AvgIpc) is 2.53. The smallest absolute Gasteiger partial charge is 0.333 e. The van der Waals surface area contributed by atoms with E-state index in [1.54, 1.807) is 0 Å². The van der Waals surface area contributed by atoms with E-state index in [-0.39, 0.29) is 5.56 Å². The molecule has 0 aliphatic heterocycles.